The highest BCUT2D eigenvalue weighted by Gasteiger charge is 2.59. The van der Waals surface area contributed by atoms with E-state index in [9.17, 15) is 5.11 Å². The summed E-state index contributed by atoms with van der Waals surface area (Å²) < 4.78 is 0. The van der Waals surface area contributed by atoms with Gasteiger partial charge in [-0.2, -0.15) is 0 Å². The predicted octanol–water partition coefficient (Wildman–Crippen LogP) is 6.19. The van der Waals surface area contributed by atoms with Crippen molar-refractivity contribution in [2.24, 2.45) is 45.4 Å². The van der Waals surface area contributed by atoms with E-state index in [2.05, 4.69) is 33.8 Å². The molecule has 156 valence electrons. The third-order valence-corrected chi connectivity index (χ3v) is 10.6. The molecule has 1 N–H and O–H groups in total. The van der Waals surface area contributed by atoms with Crippen LogP contribution in [-0.4, -0.2) is 23.0 Å². The number of hydrogen-bond acceptors (Lipinski definition) is 2. The van der Waals surface area contributed by atoms with Gasteiger partial charge in [-0.1, -0.05) is 32.4 Å². The second kappa shape index (κ2) is 6.69. The smallest absolute Gasteiger partial charge is 0.0577 e. The summed E-state index contributed by atoms with van der Waals surface area (Å²) in [5.74, 6) is 4.27. The highest BCUT2D eigenvalue weighted by atomic mass is 16.3. The molecule has 3 fully saturated rings. The van der Waals surface area contributed by atoms with E-state index in [1.807, 2.05) is 0 Å². The lowest BCUT2D eigenvalue weighted by Crippen LogP contribution is -2.51. The summed E-state index contributed by atoms with van der Waals surface area (Å²) in [5.41, 5.74) is 3.90. The minimum absolute atomic E-state index is 0.0862. The third-order valence-electron chi connectivity index (χ3n) is 10.6. The molecular weight excluding hydrogens is 342 g/mol. The van der Waals surface area contributed by atoms with Gasteiger partial charge in [0.2, 0.25) is 0 Å². The Kier molecular flexibility index (Phi) is 4.62. The largest absolute Gasteiger partial charge is 0.393 e. The molecule has 3 saturated carbocycles. The zero-order valence-electron chi connectivity index (χ0n) is 18.6. The third kappa shape index (κ3) is 2.72. The number of aliphatic imine (C=N–C) groups is 1. The van der Waals surface area contributed by atoms with Crippen LogP contribution in [0, 0.1) is 40.4 Å². The molecule has 0 aromatic heterocycles. The molecule has 0 amide bonds. The zero-order chi connectivity index (χ0) is 19.7. The van der Waals surface area contributed by atoms with Crippen LogP contribution in [0.4, 0.5) is 0 Å². The summed E-state index contributed by atoms with van der Waals surface area (Å²) in [6.07, 6.45) is 15.2. The molecule has 5 rings (SSSR count). The van der Waals surface area contributed by atoms with Gasteiger partial charge in [0.1, 0.15) is 0 Å². The fourth-order valence-corrected chi connectivity index (χ4v) is 8.96. The van der Waals surface area contributed by atoms with Crippen LogP contribution in [0.5, 0.6) is 0 Å². The maximum absolute atomic E-state index is 10.2. The van der Waals surface area contributed by atoms with Crippen LogP contribution in [0.3, 0.4) is 0 Å². The molecule has 2 heteroatoms. The Hall–Kier alpha value is -0.630. The number of rotatable bonds is 2. The summed E-state index contributed by atoms with van der Waals surface area (Å²) in [7, 11) is 0. The molecule has 5 aliphatic rings. The summed E-state index contributed by atoms with van der Waals surface area (Å²) in [5, 5.41) is 10.2. The van der Waals surface area contributed by atoms with Crippen molar-refractivity contribution in [1.29, 1.82) is 0 Å². The number of aliphatic hydroxyl groups excluding tert-OH is 1. The highest BCUT2D eigenvalue weighted by molar-refractivity contribution is 5.83. The molecule has 0 bridgehead atoms. The normalized spacial score (nSPS) is 51.6. The van der Waals surface area contributed by atoms with Gasteiger partial charge in [-0.3, -0.25) is 4.99 Å². The molecule has 0 saturated heterocycles. The molecule has 9 atom stereocenters. The van der Waals surface area contributed by atoms with Gasteiger partial charge in [0.25, 0.3) is 0 Å². The number of fused-ring (bicyclic) bond motifs is 5. The topological polar surface area (TPSA) is 32.6 Å². The van der Waals surface area contributed by atoms with Crippen molar-refractivity contribution in [3.63, 3.8) is 0 Å². The maximum atomic E-state index is 10.2. The highest BCUT2D eigenvalue weighted by Crippen LogP contribution is 2.67. The van der Waals surface area contributed by atoms with Gasteiger partial charge in [-0.25, -0.2) is 0 Å². The van der Waals surface area contributed by atoms with E-state index in [-0.39, 0.29) is 6.10 Å². The van der Waals surface area contributed by atoms with Gasteiger partial charge >= 0.3 is 0 Å². The molecular formula is C26H41NO. The van der Waals surface area contributed by atoms with Crippen molar-refractivity contribution in [2.75, 3.05) is 0 Å². The number of allylic oxidation sites excluding steroid dienone is 1. The molecule has 0 spiro atoms. The SMILES string of the molecule is CC1=N[C@H]([C@@H](C)[C@H]2CC[C@H]3[C@@H]4CC=C5C[C@@H](O)CC[C@]5(C)[C@H]4CC[C@]23C)CC1. The van der Waals surface area contributed by atoms with Gasteiger partial charge in [0, 0.05) is 5.71 Å². The van der Waals surface area contributed by atoms with Crippen LogP contribution in [-0.2, 0) is 0 Å². The van der Waals surface area contributed by atoms with Crippen LogP contribution in [0.15, 0.2) is 16.6 Å². The molecule has 2 nitrogen and oxygen atoms in total. The van der Waals surface area contributed by atoms with Gasteiger partial charge in [0.15, 0.2) is 0 Å². The Morgan fingerprint density at radius 2 is 1.89 bits per heavy atom. The van der Waals surface area contributed by atoms with E-state index in [0.717, 1.165) is 42.4 Å². The van der Waals surface area contributed by atoms with Crippen LogP contribution in [0.1, 0.15) is 91.9 Å². The van der Waals surface area contributed by atoms with Crippen molar-refractivity contribution in [3.05, 3.63) is 11.6 Å². The van der Waals surface area contributed by atoms with E-state index >= 15 is 0 Å². The monoisotopic (exact) mass is 383 g/mol. The van der Waals surface area contributed by atoms with Gasteiger partial charge in [-0.05, 0) is 112 Å². The number of nitrogens with zero attached hydrogens (tertiary/aromatic N) is 1. The van der Waals surface area contributed by atoms with E-state index < -0.39 is 0 Å². The molecule has 0 radical (unpaired) electrons. The fraction of sp³-hybridized carbons (Fsp3) is 0.885. The molecule has 1 heterocycles. The van der Waals surface area contributed by atoms with Crippen molar-refractivity contribution in [2.45, 2.75) is 104 Å². The lowest BCUT2D eigenvalue weighted by atomic mass is 9.47. The first-order valence-corrected chi connectivity index (χ1v) is 12.2. The molecule has 1 aliphatic heterocycles. The standard InChI is InChI=1S/C26H41NO/c1-16-5-10-24(27-16)17(2)21-8-9-22-20-7-6-18-15-19(28)11-13-25(18,3)23(20)12-14-26(21,22)4/h6,17,19-24,28H,5,7-15H2,1-4H3/t17-,19-,20-,21+,22-,23-,24-,25-,26+/m0/s1. The van der Waals surface area contributed by atoms with E-state index in [0.29, 0.717) is 16.9 Å². The second-order valence-corrected chi connectivity index (χ2v) is 11.7. The summed E-state index contributed by atoms with van der Waals surface area (Å²) >= 11 is 0. The van der Waals surface area contributed by atoms with Crippen LogP contribution in [0.2, 0.25) is 0 Å². The van der Waals surface area contributed by atoms with Gasteiger partial charge in [0.05, 0.1) is 12.1 Å². The predicted molar refractivity (Wildman–Crippen MR) is 116 cm³/mol. The second-order valence-electron chi connectivity index (χ2n) is 11.7. The summed E-state index contributed by atoms with van der Waals surface area (Å²) in [6.45, 7) is 9.97. The quantitative estimate of drug-likeness (QED) is 0.567. The van der Waals surface area contributed by atoms with Crippen molar-refractivity contribution >= 4 is 5.71 Å². The lowest BCUT2D eigenvalue weighted by molar-refractivity contribution is -0.0581. The van der Waals surface area contributed by atoms with Crippen molar-refractivity contribution in [1.82, 2.24) is 0 Å². The molecule has 4 aliphatic carbocycles. The Balaban J connectivity index is 1.40. The Labute approximate surface area is 172 Å². The minimum Gasteiger partial charge on any atom is -0.393 e. The average molecular weight is 384 g/mol. The Bertz CT molecular complexity index is 695. The number of hydrogen-bond donors (Lipinski definition) is 1. The summed E-state index contributed by atoms with van der Waals surface area (Å²) in [4.78, 5) is 5.04. The molecule has 28 heavy (non-hydrogen) atoms. The first-order valence-electron chi connectivity index (χ1n) is 12.2. The van der Waals surface area contributed by atoms with E-state index in [1.165, 1.54) is 57.1 Å². The zero-order valence-corrected chi connectivity index (χ0v) is 18.6. The Morgan fingerprint density at radius 3 is 2.64 bits per heavy atom. The number of aliphatic hydroxyl groups is 1. The van der Waals surface area contributed by atoms with Gasteiger partial charge < -0.3 is 5.11 Å². The lowest BCUT2D eigenvalue weighted by Gasteiger charge is -2.58. The fourth-order valence-electron chi connectivity index (χ4n) is 8.96. The first-order chi connectivity index (χ1) is 13.3. The summed E-state index contributed by atoms with van der Waals surface area (Å²) in [6, 6.07) is 0.591. The molecule has 0 aromatic carbocycles. The van der Waals surface area contributed by atoms with Crippen molar-refractivity contribution in [3.8, 4) is 0 Å². The molecule has 0 aromatic rings. The van der Waals surface area contributed by atoms with Crippen LogP contribution < -0.4 is 0 Å². The maximum Gasteiger partial charge on any atom is 0.0577 e. The molecule has 0 unspecified atom stereocenters. The van der Waals surface area contributed by atoms with Crippen LogP contribution in [0.25, 0.3) is 0 Å². The van der Waals surface area contributed by atoms with Crippen molar-refractivity contribution < 1.29 is 5.11 Å². The first kappa shape index (κ1) is 19.3. The van der Waals surface area contributed by atoms with Gasteiger partial charge in [-0.15, -0.1) is 0 Å². The average Bonchev–Trinajstić information content (AvgIpc) is 3.25. The van der Waals surface area contributed by atoms with E-state index in [1.54, 1.807) is 5.57 Å². The Morgan fingerprint density at radius 1 is 1.07 bits per heavy atom. The van der Waals surface area contributed by atoms with E-state index in [4.69, 9.17) is 4.99 Å². The van der Waals surface area contributed by atoms with Crippen LogP contribution >= 0.6 is 0 Å². The minimum atomic E-state index is -0.0862.